The Morgan fingerprint density at radius 2 is 0.398 bits per heavy atom. The Bertz CT molecular complexity index is 1300. The first-order chi connectivity index (χ1) is 41.0. The molecule has 0 spiro atoms. The topological polar surface area (TPSA) is 78.9 Å². The summed E-state index contributed by atoms with van der Waals surface area (Å²) in [6.07, 6.45) is 88.5. The van der Waals surface area contributed by atoms with Crippen LogP contribution in [0.1, 0.15) is 445 Å². The summed E-state index contributed by atoms with van der Waals surface area (Å²) in [5, 5.41) is 0. The van der Waals surface area contributed by atoms with Crippen LogP contribution in [0, 0.1) is 0 Å². The van der Waals surface area contributed by atoms with Gasteiger partial charge in [-0.2, -0.15) is 0 Å². The third-order valence-corrected chi connectivity index (χ3v) is 17.8. The standard InChI is InChI=1S/C77H148O6/c1-4-7-10-13-16-19-22-25-28-30-31-32-33-34-35-36-37-38-39-40-41-42-43-44-45-47-49-52-55-58-61-64-67-70-76(79)82-73-74(72-81-75(78)69-66-63-60-57-54-51-48-27-24-21-18-15-12-9-6-3)83-77(80)71-68-65-62-59-56-53-50-46-29-26-23-20-17-14-11-8-5-2/h26,29,74H,4-25,27-28,30-73H2,1-3H3/b29-26-. The van der Waals surface area contributed by atoms with Gasteiger partial charge in [0, 0.05) is 19.3 Å². The van der Waals surface area contributed by atoms with Gasteiger partial charge < -0.3 is 14.2 Å². The quantitative estimate of drug-likeness (QED) is 0.0261. The molecule has 0 saturated heterocycles. The molecule has 1 atom stereocenters. The molecular formula is C77H148O6. The van der Waals surface area contributed by atoms with Gasteiger partial charge >= 0.3 is 17.9 Å². The summed E-state index contributed by atoms with van der Waals surface area (Å²) in [5.74, 6) is -0.832. The van der Waals surface area contributed by atoms with Crippen LogP contribution in [0.2, 0.25) is 0 Å². The van der Waals surface area contributed by atoms with Gasteiger partial charge in [0.2, 0.25) is 0 Å². The fourth-order valence-electron chi connectivity index (χ4n) is 12.0. The van der Waals surface area contributed by atoms with Gasteiger partial charge in [0.1, 0.15) is 13.2 Å². The van der Waals surface area contributed by atoms with Crippen LogP contribution in [-0.4, -0.2) is 37.2 Å². The van der Waals surface area contributed by atoms with Crippen molar-refractivity contribution in [1.82, 2.24) is 0 Å². The summed E-state index contributed by atoms with van der Waals surface area (Å²) in [5.41, 5.74) is 0. The van der Waals surface area contributed by atoms with E-state index < -0.39 is 6.10 Å². The summed E-state index contributed by atoms with van der Waals surface area (Å²) in [6, 6.07) is 0. The number of allylic oxidation sites excluding steroid dienone is 2. The molecule has 492 valence electrons. The van der Waals surface area contributed by atoms with Gasteiger partial charge in [-0.15, -0.1) is 0 Å². The molecule has 0 rings (SSSR count). The fraction of sp³-hybridized carbons (Fsp3) is 0.935. The second-order valence-corrected chi connectivity index (χ2v) is 26.3. The molecule has 0 aliphatic carbocycles. The maximum absolute atomic E-state index is 12.9. The molecular weight excluding hydrogens is 1020 g/mol. The smallest absolute Gasteiger partial charge is 0.306 e. The van der Waals surface area contributed by atoms with E-state index >= 15 is 0 Å². The van der Waals surface area contributed by atoms with Gasteiger partial charge in [-0.3, -0.25) is 14.4 Å². The second kappa shape index (κ2) is 72.6. The monoisotopic (exact) mass is 1170 g/mol. The highest BCUT2D eigenvalue weighted by Crippen LogP contribution is 2.20. The normalized spacial score (nSPS) is 12.0. The molecule has 6 heteroatoms. The summed E-state index contributed by atoms with van der Waals surface area (Å²) >= 11 is 0. The zero-order chi connectivity index (χ0) is 59.9. The third kappa shape index (κ3) is 70.8. The largest absolute Gasteiger partial charge is 0.462 e. The molecule has 0 heterocycles. The average Bonchev–Trinajstić information content (AvgIpc) is 3.49. The highest BCUT2D eigenvalue weighted by Gasteiger charge is 2.20. The highest BCUT2D eigenvalue weighted by atomic mass is 16.6. The van der Waals surface area contributed by atoms with E-state index in [2.05, 4.69) is 32.9 Å². The molecule has 0 fully saturated rings. The number of ether oxygens (including phenoxy) is 3. The number of unbranched alkanes of at least 4 members (excludes halogenated alkanes) is 59. The number of hydrogen-bond donors (Lipinski definition) is 0. The van der Waals surface area contributed by atoms with E-state index in [4.69, 9.17) is 14.2 Å². The van der Waals surface area contributed by atoms with Crippen molar-refractivity contribution in [2.24, 2.45) is 0 Å². The SMILES string of the molecule is CCCCCCCC/C=C\CCCCCCCCCC(=O)OC(COC(=O)CCCCCCCCCCCCCCCCC)COC(=O)CCCCCCCCCCCCCCCCCCCCCCCCCCCCCCCCCCC. The molecule has 0 aromatic heterocycles. The molecule has 0 aliphatic heterocycles. The molecule has 0 saturated carbocycles. The van der Waals surface area contributed by atoms with Crippen LogP contribution in [0.15, 0.2) is 12.2 Å². The van der Waals surface area contributed by atoms with Crippen LogP contribution >= 0.6 is 0 Å². The summed E-state index contributed by atoms with van der Waals surface area (Å²) in [7, 11) is 0. The van der Waals surface area contributed by atoms with Gasteiger partial charge in [-0.05, 0) is 44.9 Å². The van der Waals surface area contributed by atoms with Gasteiger partial charge in [0.15, 0.2) is 6.10 Å². The van der Waals surface area contributed by atoms with E-state index in [-0.39, 0.29) is 31.1 Å². The number of hydrogen-bond acceptors (Lipinski definition) is 6. The van der Waals surface area contributed by atoms with E-state index in [0.29, 0.717) is 19.3 Å². The van der Waals surface area contributed by atoms with Crippen molar-refractivity contribution in [3.05, 3.63) is 12.2 Å². The van der Waals surface area contributed by atoms with Crippen molar-refractivity contribution in [1.29, 1.82) is 0 Å². The Kier molecular flexibility index (Phi) is 71.0. The van der Waals surface area contributed by atoms with Crippen LogP contribution in [0.25, 0.3) is 0 Å². The zero-order valence-corrected chi connectivity index (χ0v) is 56.8. The maximum atomic E-state index is 12.9. The van der Waals surface area contributed by atoms with E-state index in [0.717, 1.165) is 57.8 Å². The Morgan fingerprint density at radius 3 is 0.602 bits per heavy atom. The molecule has 0 aromatic carbocycles. The van der Waals surface area contributed by atoms with Gasteiger partial charge in [0.25, 0.3) is 0 Å². The molecule has 0 bridgehead atoms. The van der Waals surface area contributed by atoms with E-state index in [1.54, 1.807) is 0 Å². The first-order valence-electron chi connectivity index (χ1n) is 38.2. The first kappa shape index (κ1) is 81.2. The van der Waals surface area contributed by atoms with E-state index in [1.807, 2.05) is 0 Å². The molecule has 0 aromatic rings. The molecule has 1 unspecified atom stereocenters. The van der Waals surface area contributed by atoms with Crippen LogP contribution in [0.3, 0.4) is 0 Å². The van der Waals surface area contributed by atoms with Crippen LogP contribution in [0.4, 0.5) is 0 Å². The van der Waals surface area contributed by atoms with E-state index in [9.17, 15) is 14.4 Å². The van der Waals surface area contributed by atoms with Crippen molar-refractivity contribution in [2.75, 3.05) is 13.2 Å². The lowest BCUT2D eigenvalue weighted by Crippen LogP contribution is -2.30. The lowest BCUT2D eigenvalue weighted by Gasteiger charge is -2.18. The predicted octanol–water partition coefficient (Wildman–Crippen LogP) is 26.3. The number of rotatable bonds is 72. The molecule has 83 heavy (non-hydrogen) atoms. The van der Waals surface area contributed by atoms with Gasteiger partial charge in [0.05, 0.1) is 0 Å². The van der Waals surface area contributed by atoms with Crippen LogP contribution in [-0.2, 0) is 28.6 Å². The molecule has 0 radical (unpaired) electrons. The first-order valence-corrected chi connectivity index (χ1v) is 38.2. The minimum absolute atomic E-state index is 0.0648. The fourth-order valence-corrected chi connectivity index (χ4v) is 12.0. The molecule has 0 amide bonds. The van der Waals surface area contributed by atoms with E-state index in [1.165, 1.54) is 347 Å². The van der Waals surface area contributed by atoms with Crippen molar-refractivity contribution < 1.29 is 28.6 Å². The Hall–Kier alpha value is -1.85. The summed E-state index contributed by atoms with van der Waals surface area (Å²) in [4.78, 5) is 38.5. The van der Waals surface area contributed by atoms with Crippen LogP contribution < -0.4 is 0 Å². The minimum atomic E-state index is -0.769. The average molecular weight is 1170 g/mol. The summed E-state index contributed by atoms with van der Waals surface area (Å²) in [6.45, 7) is 6.73. The van der Waals surface area contributed by atoms with Crippen molar-refractivity contribution in [3.8, 4) is 0 Å². The molecule has 0 aliphatic rings. The minimum Gasteiger partial charge on any atom is -0.462 e. The third-order valence-electron chi connectivity index (χ3n) is 17.8. The second-order valence-electron chi connectivity index (χ2n) is 26.3. The summed E-state index contributed by atoms with van der Waals surface area (Å²) < 4.78 is 17.0. The lowest BCUT2D eigenvalue weighted by molar-refractivity contribution is -0.167. The highest BCUT2D eigenvalue weighted by molar-refractivity contribution is 5.71. The van der Waals surface area contributed by atoms with Crippen LogP contribution in [0.5, 0.6) is 0 Å². The number of carbonyl (C=O) groups is 3. The van der Waals surface area contributed by atoms with Crippen molar-refractivity contribution in [2.45, 2.75) is 451 Å². The van der Waals surface area contributed by atoms with Gasteiger partial charge in [-0.1, -0.05) is 392 Å². The number of carbonyl (C=O) groups excluding carboxylic acids is 3. The lowest BCUT2D eigenvalue weighted by atomic mass is 10.0. The molecule has 0 N–H and O–H groups in total. The zero-order valence-electron chi connectivity index (χ0n) is 56.8. The maximum Gasteiger partial charge on any atom is 0.306 e. The van der Waals surface area contributed by atoms with Crippen molar-refractivity contribution >= 4 is 17.9 Å². The predicted molar refractivity (Wildman–Crippen MR) is 363 cm³/mol. The number of esters is 3. The Labute approximate surface area is 520 Å². The Morgan fingerprint density at radius 1 is 0.229 bits per heavy atom. The van der Waals surface area contributed by atoms with Gasteiger partial charge in [-0.25, -0.2) is 0 Å². The Balaban J connectivity index is 4.10. The van der Waals surface area contributed by atoms with Crippen molar-refractivity contribution in [3.63, 3.8) is 0 Å². The molecule has 6 nitrogen and oxygen atoms in total.